The maximum absolute atomic E-state index is 9.30. The lowest BCUT2D eigenvalue weighted by molar-refractivity contribution is 0.401. The number of phenolic OH excluding ortho intramolecular Hbond substituents is 1. The molecule has 1 N–H and O–H groups in total. The highest BCUT2D eigenvalue weighted by Crippen LogP contribution is 2.51. The molecule has 0 atom stereocenters. The number of terminal acetylenes is 1. The SMILES string of the molecule is C#CC1(c2ccc(O)cc2OC)CC1. The Morgan fingerprint density at radius 3 is 2.71 bits per heavy atom. The number of rotatable bonds is 2. The summed E-state index contributed by atoms with van der Waals surface area (Å²) in [6, 6.07) is 5.10. The smallest absolute Gasteiger partial charge is 0.127 e. The lowest BCUT2D eigenvalue weighted by atomic mass is 9.96. The Balaban J connectivity index is 2.49. The second kappa shape index (κ2) is 2.95. The molecule has 72 valence electrons. The van der Waals surface area contributed by atoms with Gasteiger partial charge in [-0.05, 0) is 18.9 Å². The van der Waals surface area contributed by atoms with Crippen molar-refractivity contribution >= 4 is 0 Å². The van der Waals surface area contributed by atoms with Crippen LogP contribution in [0.5, 0.6) is 11.5 Å². The van der Waals surface area contributed by atoms with Crippen LogP contribution in [0.4, 0.5) is 0 Å². The van der Waals surface area contributed by atoms with Gasteiger partial charge < -0.3 is 9.84 Å². The molecule has 1 saturated carbocycles. The first-order chi connectivity index (χ1) is 6.72. The van der Waals surface area contributed by atoms with Crippen molar-refractivity contribution in [3.63, 3.8) is 0 Å². The van der Waals surface area contributed by atoms with E-state index in [4.69, 9.17) is 11.2 Å². The van der Waals surface area contributed by atoms with Gasteiger partial charge in [0.25, 0.3) is 0 Å². The van der Waals surface area contributed by atoms with Crippen molar-refractivity contribution in [2.75, 3.05) is 7.11 Å². The summed E-state index contributed by atoms with van der Waals surface area (Å²) < 4.78 is 5.20. The highest BCUT2D eigenvalue weighted by atomic mass is 16.5. The molecule has 0 aliphatic heterocycles. The number of hydrogen-bond donors (Lipinski definition) is 1. The average molecular weight is 188 g/mol. The van der Waals surface area contributed by atoms with Gasteiger partial charge in [-0.1, -0.05) is 12.0 Å². The van der Waals surface area contributed by atoms with Crippen LogP contribution in [0.2, 0.25) is 0 Å². The van der Waals surface area contributed by atoms with Crippen molar-refractivity contribution in [3.05, 3.63) is 23.8 Å². The molecule has 1 aliphatic carbocycles. The quantitative estimate of drug-likeness (QED) is 0.720. The van der Waals surface area contributed by atoms with Gasteiger partial charge in [-0.3, -0.25) is 0 Å². The third-order valence-electron chi connectivity index (χ3n) is 2.73. The maximum atomic E-state index is 9.30. The first kappa shape index (κ1) is 8.96. The van der Waals surface area contributed by atoms with Crippen LogP contribution in [-0.4, -0.2) is 12.2 Å². The summed E-state index contributed by atoms with van der Waals surface area (Å²) in [5, 5.41) is 9.30. The fourth-order valence-corrected chi connectivity index (χ4v) is 1.69. The molecular weight excluding hydrogens is 176 g/mol. The number of hydrogen-bond acceptors (Lipinski definition) is 2. The van der Waals surface area contributed by atoms with E-state index >= 15 is 0 Å². The zero-order valence-corrected chi connectivity index (χ0v) is 8.08. The minimum Gasteiger partial charge on any atom is -0.508 e. The van der Waals surface area contributed by atoms with Gasteiger partial charge in [-0.15, -0.1) is 6.42 Å². The fourth-order valence-electron chi connectivity index (χ4n) is 1.69. The first-order valence-corrected chi connectivity index (χ1v) is 4.57. The van der Waals surface area contributed by atoms with Crippen LogP contribution in [0.1, 0.15) is 18.4 Å². The van der Waals surface area contributed by atoms with Crippen LogP contribution < -0.4 is 4.74 Å². The van der Waals surface area contributed by atoms with Crippen LogP contribution in [0.3, 0.4) is 0 Å². The fraction of sp³-hybridized carbons (Fsp3) is 0.333. The summed E-state index contributed by atoms with van der Waals surface area (Å²) >= 11 is 0. The van der Waals surface area contributed by atoms with Crippen LogP contribution in [0, 0.1) is 12.3 Å². The molecule has 0 heterocycles. The monoisotopic (exact) mass is 188 g/mol. The van der Waals surface area contributed by atoms with Gasteiger partial charge >= 0.3 is 0 Å². The van der Waals surface area contributed by atoms with Crippen LogP contribution in [0.25, 0.3) is 0 Å². The Morgan fingerprint density at radius 2 is 2.21 bits per heavy atom. The summed E-state index contributed by atoms with van der Waals surface area (Å²) in [5.41, 5.74) is 0.874. The lowest BCUT2D eigenvalue weighted by Gasteiger charge is -2.13. The molecule has 2 rings (SSSR count). The maximum Gasteiger partial charge on any atom is 0.127 e. The molecule has 1 aromatic rings. The van der Waals surface area contributed by atoms with Crippen molar-refractivity contribution in [1.82, 2.24) is 0 Å². The number of methoxy groups -OCH3 is 1. The molecule has 0 bridgehead atoms. The number of benzene rings is 1. The topological polar surface area (TPSA) is 29.5 Å². The van der Waals surface area contributed by atoms with Gasteiger partial charge in [-0.25, -0.2) is 0 Å². The molecule has 0 aromatic heterocycles. The lowest BCUT2D eigenvalue weighted by Crippen LogP contribution is -2.04. The van der Waals surface area contributed by atoms with Crippen LogP contribution in [-0.2, 0) is 5.41 Å². The third-order valence-corrected chi connectivity index (χ3v) is 2.73. The highest BCUT2D eigenvalue weighted by molar-refractivity contribution is 5.51. The standard InChI is InChI=1S/C12H12O2/c1-3-12(6-7-12)10-5-4-9(13)8-11(10)14-2/h1,4-5,8,13H,6-7H2,2H3. The van der Waals surface area contributed by atoms with E-state index in [0.29, 0.717) is 5.75 Å². The van der Waals surface area contributed by atoms with Gasteiger partial charge in [0.2, 0.25) is 0 Å². The zero-order valence-electron chi connectivity index (χ0n) is 8.08. The van der Waals surface area contributed by atoms with E-state index in [1.54, 1.807) is 19.2 Å². The largest absolute Gasteiger partial charge is 0.508 e. The first-order valence-electron chi connectivity index (χ1n) is 4.57. The van der Waals surface area contributed by atoms with Crippen molar-refractivity contribution in [1.29, 1.82) is 0 Å². The molecule has 1 fully saturated rings. The average Bonchev–Trinajstić information content (AvgIpc) is 2.98. The van der Waals surface area contributed by atoms with Crippen molar-refractivity contribution in [3.8, 4) is 23.8 Å². The molecule has 2 heteroatoms. The minimum atomic E-state index is -0.140. The Bertz CT molecular complexity index is 397. The van der Waals surface area contributed by atoms with E-state index in [0.717, 1.165) is 18.4 Å². The predicted octanol–water partition coefficient (Wildman–Crippen LogP) is 2.07. The predicted molar refractivity (Wildman–Crippen MR) is 54.4 cm³/mol. The molecule has 0 saturated heterocycles. The minimum absolute atomic E-state index is 0.140. The van der Waals surface area contributed by atoms with E-state index < -0.39 is 0 Å². The Hall–Kier alpha value is -1.62. The van der Waals surface area contributed by atoms with Crippen molar-refractivity contribution in [2.45, 2.75) is 18.3 Å². The van der Waals surface area contributed by atoms with E-state index in [1.165, 1.54) is 0 Å². The zero-order chi connectivity index (χ0) is 10.2. The number of phenols is 1. The third kappa shape index (κ3) is 1.22. The summed E-state index contributed by atoms with van der Waals surface area (Å²) in [6.07, 6.45) is 7.50. The molecule has 14 heavy (non-hydrogen) atoms. The van der Waals surface area contributed by atoms with E-state index in [-0.39, 0.29) is 11.2 Å². The summed E-state index contributed by atoms with van der Waals surface area (Å²) in [6.45, 7) is 0. The van der Waals surface area contributed by atoms with Crippen LogP contribution >= 0.6 is 0 Å². The molecule has 0 radical (unpaired) electrons. The highest BCUT2D eigenvalue weighted by Gasteiger charge is 2.44. The van der Waals surface area contributed by atoms with Gasteiger partial charge in [0.1, 0.15) is 11.5 Å². The molecule has 1 aromatic carbocycles. The summed E-state index contributed by atoms with van der Waals surface area (Å²) in [7, 11) is 1.59. The molecule has 1 aliphatic rings. The molecular formula is C12H12O2. The Morgan fingerprint density at radius 1 is 1.50 bits per heavy atom. The van der Waals surface area contributed by atoms with Gasteiger partial charge in [-0.2, -0.15) is 0 Å². The second-order valence-electron chi connectivity index (χ2n) is 3.61. The van der Waals surface area contributed by atoms with Crippen LogP contribution in [0.15, 0.2) is 18.2 Å². The molecule has 0 spiro atoms. The summed E-state index contributed by atoms with van der Waals surface area (Å²) in [4.78, 5) is 0. The molecule has 2 nitrogen and oxygen atoms in total. The van der Waals surface area contributed by atoms with Gasteiger partial charge in [0.15, 0.2) is 0 Å². The Labute approximate surface area is 83.5 Å². The number of ether oxygens (including phenoxy) is 1. The summed E-state index contributed by atoms with van der Waals surface area (Å²) in [5.74, 6) is 3.69. The molecule has 0 unspecified atom stereocenters. The normalized spacial score (nSPS) is 17.1. The molecule has 0 amide bonds. The van der Waals surface area contributed by atoms with Gasteiger partial charge in [0.05, 0.1) is 12.5 Å². The van der Waals surface area contributed by atoms with Gasteiger partial charge in [0, 0.05) is 11.6 Å². The van der Waals surface area contributed by atoms with Crippen molar-refractivity contribution < 1.29 is 9.84 Å². The Kier molecular flexibility index (Phi) is 1.89. The second-order valence-corrected chi connectivity index (χ2v) is 3.61. The van der Waals surface area contributed by atoms with E-state index in [1.807, 2.05) is 6.07 Å². The van der Waals surface area contributed by atoms with Crippen molar-refractivity contribution in [2.24, 2.45) is 0 Å². The van der Waals surface area contributed by atoms with E-state index in [9.17, 15) is 5.11 Å². The van der Waals surface area contributed by atoms with E-state index in [2.05, 4.69) is 5.92 Å². The number of aromatic hydroxyl groups is 1.